The van der Waals surface area contributed by atoms with Gasteiger partial charge < -0.3 is 5.11 Å². The van der Waals surface area contributed by atoms with Crippen molar-refractivity contribution in [2.45, 2.75) is 30.7 Å². The van der Waals surface area contributed by atoms with Gasteiger partial charge in [0.1, 0.15) is 0 Å². The fraction of sp³-hybridized carbons (Fsp3) is 0.438. The van der Waals surface area contributed by atoms with Gasteiger partial charge in [-0.15, -0.1) is 0 Å². The molecule has 0 aliphatic carbocycles. The maximum Gasteiger partial charge on any atom is 0.244 e. The van der Waals surface area contributed by atoms with E-state index in [9.17, 15) is 13.5 Å². The zero-order valence-electron chi connectivity index (χ0n) is 12.5. The molecule has 5 nitrogen and oxygen atoms in total. The van der Waals surface area contributed by atoms with Crippen LogP contribution in [0.25, 0.3) is 10.9 Å². The Morgan fingerprint density at radius 3 is 2.91 bits per heavy atom. The summed E-state index contributed by atoms with van der Waals surface area (Å²) in [6.45, 7) is 2.30. The molecule has 22 heavy (non-hydrogen) atoms. The lowest BCUT2D eigenvalue weighted by Crippen LogP contribution is -2.49. The SMILES string of the molecule is CC1CCCN(S(=O)(=O)c2cccc3ncccc23)C1CO. The summed E-state index contributed by atoms with van der Waals surface area (Å²) in [4.78, 5) is 4.49. The van der Waals surface area contributed by atoms with Gasteiger partial charge in [0.25, 0.3) is 0 Å². The monoisotopic (exact) mass is 320 g/mol. The second-order valence-electron chi connectivity index (χ2n) is 5.81. The first-order valence-electron chi connectivity index (χ1n) is 7.52. The third-order valence-corrected chi connectivity index (χ3v) is 6.43. The van der Waals surface area contributed by atoms with E-state index in [1.807, 2.05) is 6.92 Å². The Bertz CT molecular complexity index is 771. The molecule has 1 N–H and O–H groups in total. The molecule has 1 aromatic carbocycles. The van der Waals surface area contributed by atoms with Crippen LogP contribution < -0.4 is 0 Å². The molecule has 2 heterocycles. The highest BCUT2D eigenvalue weighted by molar-refractivity contribution is 7.89. The molecule has 1 aromatic heterocycles. The first-order chi connectivity index (χ1) is 10.6. The van der Waals surface area contributed by atoms with Crippen LogP contribution in [-0.4, -0.2) is 42.0 Å². The summed E-state index contributed by atoms with van der Waals surface area (Å²) in [6, 6.07) is 8.29. The summed E-state index contributed by atoms with van der Waals surface area (Å²) >= 11 is 0. The Morgan fingerprint density at radius 2 is 2.14 bits per heavy atom. The first-order valence-corrected chi connectivity index (χ1v) is 8.96. The standard InChI is InChI=1S/C16H20N2O3S/c1-12-5-4-10-18(15(12)11-19)22(20,21)16-8-2-7-14-13(16)6-3-9-17-14/h2-3,6-9,12,15,19H,4-5,10-11H2,1H3. The zero-order valence-corrected chi connectivity index (χ0v) is 13.3. The number of benzene rings is 1. The average molecular weight is 320 g/mol. The number of hydrogen-bond acceptors (Lipinski definition) is 4. The van der Waals surface area contributed by atoms with Crippen LogP contribution >= 0.6 is 0 Å². The van der Waals surface area contributed by atoms with E-state index in [-0.39, 0.29) is 23.5 Å². The quantitative estimate of drug-likeness (QED) is 0.939. The number of rotatable bonds is 3. The van der Waals surface area contributed by atoms with Crippen LogP contribution in [0.4, 0.5) is 0 Å². The number of pyridine rings is 1. The third-order valence-electron chi connectivity index (χ3n) is 4.44. The molecule has 0 radical (unpaired) electrons. The molecule has 0 spiro atoms. The second-order valence-corrected chi connectivity index (χ2v) is 7.67. The highest BCUT2D eigenvalue weighted by Gasteiger charge is 2.37. The molecule has 1 saturated heterocycles. The van der Waals surface area contributed by atoms with E-state index in [0.29, 0.717) is 17.4 Å². The van der Waals surface area contributed by atoms with Crippen molar-refractivity contribution in [2.75, 3.05) is 13.2 Å². The van der Waals surface area contributed by atoms with Crippen molar-refractivity contribution in [1.82, 2.24) is 9.29 Å². The molecule has 0 bridgehead atoms. The Labute approximate surface area is 130 Å². The van der Waals surface area contributed by atoms with Crippen LogP contribution in [0.1, 0.15) is 19.8 Å². The molecule has 2 atom stereocenters. The molecule has 118 valence electrons. The number of sulfonamides is 1. The van der Waals surface area contributed by atoms with E-state index < -0.39 is 10.0 Å². The minimum absolute atomic E-state index is 0.149. The van der Waals surface area contributed by atoms with Gasteiger partial charge in [-0.25, -0.2) is 8.42 Å². The molecule has 2 unspecified atom stereocenters. The lowest BCUT2D eigenvalue weighted by Gasteiger charge is -2.38. The van der Waals surface area contributed by atoms with E-state index >= 15 is 0 Å². The molecule has 6 heteroatoms. The normalized spacial score (nSPS) is 23.7. The summed E-state index contributed by atoms with van der Waals surface area (Å²) in [6.07, 6.45) is 3.41. The predicted molar refractivity (Wildman–Crippen MR) is 84.9 cm³/mol. The third kappa shape index (κ3) is 2.51. The van der Waals surface area contributed by atoms with Crippen LogP contribution in [0, 0.1) is 5.92 Å². The molecule has 0 saturated carbocycles. The molecule has 3 rings (SSSR count). The van der Waals surface area contributed by atoms with Crippen molar-refractivity contribution in [1.29, 1.82) is 0 Å². The van der Waals surface area contributed by atoms with Crippen molar-refractivity contribution in [3.63, 3.8) is 0 Å². The molecule has 1 fully saturated rings. The Morgan fingerprint density at radius 1 is 1.32 bits per heavy atom. The van der Waals surface area contributed by atoms with Crippen LogP contribution in [0.2, 0.25) is 0 Å². The van der Waals surface area contributed by atoms with Crippen molar-refractivity contribution >= 4 is 20.9 Å². The van der Waals surface area contributed by atoms with Crippen molar-refractivity contribution in [3.8, 4) is 0 Å². The number of nitrogens with zero attached hydrogens (tertiary/aromatic N) is 2. The minimum atomic E-state index is -3.65. The van der Waals surface area contributed by atoms with Crippen LogP contribution in [0.3, 0.4) is 0 Å². The number of piperidine rings is 1. The lowest BCUT2D eigenvalue weighted by molar-refractivity contribution is 0.113. The van der Waals surface area contributed by atoms with E-state index in [0.717, 1.165) is 12.8 Å². The van der Waals surface area contributed by atoms with Crippen LogP contribution in [0.5, 0.6) is 0 Å². The van der Waals surface area contributed by atoms with Crippen molar-refractivity contribution < 1.29 is 13.5 Å². The molecule has 1 aliphatic rings. The van der Waals surface area contributed by atoms with Gasteiger partial charge in [-0.05, 0) is 43.0 Å². The van der Waals surface area contributed by atoms with E-state index in [2.05, 4.69) is 4.98 Å². The van der Waals surface area contributed by atoms with Gasteiger partial charge in [-0.3, -0.25) is 4.98 Å². The van der Waals surface area contributed by atoms with Gasteiger partial charge >= 0.3 is 0 Å². The van der Waals surface area contributed by atoms with Gasteiger partial charge in [-0.1, -0.05) is 13.0 Å². The van der Waals surface area contributed by atoms with E-state index in [4.69, 9.17) is 0 Å². The van der Waals surface area contributed by atoms with Crippen molar-refractivity contribution in [2.24, 2.45) is 5.92 Å². The Hall–Kier alpha value is -1.50. The van der Waals surface area contributed by atoms with Gasteiger partial charge in [0.15, 0.2) is 0 Å². The number of fused-ring (bicyclic) bond motifs is 1. The summed E-state index contributed by atoms with van der Waals surface area (Å²) < 4.78 is 27.7. The smallest absolute Gasteiger partial charge is 0.244 e. The average Bonchev–Trinajstić information content (AvgIpc) is 2.54. The molecular weight excluding hydrogens is 300 g/mol. The van der Waals surface area contributed by atoms with Gasteiger partial charge in [0.05, 0.1) is 23.1 Å². The van der Waals surface area contributed by atoms with Gasteiger partial charge in [0.2, 0.25) is 10.0 Å². The second kappa shape index (κ2) is 5.95. The number of aliphatic hydroxyl groups is 1. The first kappa shape index (κ1) is 15.4. The zero-order chi connectivity index (χ0) is 15.7. The maximum absolute atomic E-state index is 13.1. The Kier molecular flexibility index (Phi) is 4.16. The number of aliphatic hydroxyl groups excluding tert-OH is 1. The summed E-state index contributed by atoms with van der Waals surface area (Å²) in [5.74, 6) is 0.154. The summed E-state index contributed by atoms with van der Waals surface area (Å²) in [5, 5.41) is 10.3. The van der Waals surface area contributed by atoms with Gasteiger partial charge in [0, 0.05) is 18.1 Å². The number of aromatic nitrogens is 1. The van der Waals surface area contributed by atoms with Crippen LogP contribution in [0.15, 0.2) is 41.4 Å². The van der Waals surface area contributed by atoms with E-state index in [1.54, 1.807) is 36.5 Å². The van der Waals surface area contributed by atoms with E-state index in [1.165, 1.54) is 4.31 Å². The fourth-order valence-corrected chi connectivity index (χ4v) is 5.16. The largest absolute Gasteiger partial charge is 0.395 e. The van der Waals surface area contributed by atoms with Gasteiger partial charge in [-0.2, -0.15) is 4.31 Å². The highest BCUT2D eigenvalue weighted by atomic mass is 32.2. The topological polar surface area (TPSA) is 70.5 Å². The molecule has 0 amide bonds. The lowest BCUT2D eigenvalue weighted by atomic mass is 9.93. The molecular formula is C16H20N2O3S. The minimum Gasteiger partial charge on any atom is -0.395 e. The predicted octanol–water partition coefficient (Wildman–Crippen LogP) is 2.02. The van der Waals surface area contributed by atoms with Crippen LogP contribution in [-0.2, 0) is 10.0 Å². The molecule has 1 aliphatic heterocycles. The van der Waals surface area contributed by atoms with Crippen molar-refractivity contribution in [3.05, 3.63) is 36.5 Å². The Balaban J connectivity index is 2.12. The molecule has 2 aromatic rings. The number of hydrogen-bond donors (Lipinski definition) is 1. The fourth-order valence-electron chi connectivity index (χ4n) is 3.21. The maximum atomic E-state index is 13.1. The summed E-state index contributed by atoms with van der Waals surface area (Å²) in [7, 11) is -3.65. The summed E-state index contributed by atoms with van der Waals surface area (Å²) in [5.41, 5.74) is 0.661. The highest BCUT2D eigenvalue weighted by Crippen LogP contribution is 2.31.